The smallest absolute Gasteiger partial charge is 0.234 e. The third-order valence-electron chi connectivity index (χ3n) is 4.71. The van der Waals surface area contributed by atoms with Crippen molar-refractivity contribution >= 4 is 11.8 Å². The van der Waals surface area contributed by atoms with Crippen LogP contribution >= 0.6 is 0 Å². The van der Waals surface area contributed by atoms with Crippen LogP contribution in [-0.2, 0) is 9.59 Å². The van der Waals surface area contributed by atoms with Gasteiger partial charge in [0.15, 0.2) is 0 Å². The van der Waals surface area contributed by atoms with Gasteiger partial charge in [0.25, 0.3) is 0 Å². The van der Waals surface area contributed by atoms with Crippen LogP contribution in [0.5, 0.6) is 0 Å². The minimum atomic E-state index is 0.102. The van der Waals surface area contributed by atoms with Crippen molar-refractivity contribution in [3.63, 3.8) is 0 Å². The SMILES string of the molecule is CNC(=O)CC1CCN(CC(=O)NC2CCCCCC2)C1. The van der Waals surface area contributed by atoms with Gasteiger partial charge in [-0.25, -0.2) is 0 Å². The van der Waals surface area contributed by atoms with E-state index in [4.69, 9.17) is 0 Å². The summed E-state index contributed by atoms with van der Waals surface area (Å²) in [6, 6.07) is 0.379. The summed E-state index contributed by atoms with van der Waals surface area (Å²) >= 11 is 0. The lowest BCUT2D eigenvalue weighted by Crippen LogP contribution is -2.41. The number of likely N-dealkylation sites (tertiary alicyclic amines) is 1. The highest BCUT2D eigenvalue weighted by atomic mass is 16.2. The highest BCUT2D eigenvalue weighted by Gasteiger charge is 2.26. The summed E-state index contributed by atoms with van der Waals surface area (Å²) in [5.41, 5.74) is 0. The number of carbonyl (C=O) groups excluding carboxylic acids is 2. The molecule has 0 aromatic carbocycles. The van der Waals surface area contributed by atoms with E-state index >= 15 is 0 Å². The van der Waals surface area contributed by atoms with Crippen LogP contribution < -0.4 is 10.6 Å². The fourth-order valence-electron chi connectivity index (χ4n) is 3.49. The molecule has 0 bridgehead atoms. The second kappa shape index (κ2) is 8.37. The minimum Gasteiger partial charge on any atom is -0.359 e. The zero-order chi connectivity index (χ0) is 15.1. The molecular weight excluding hydrogens is 266 g/mol. The van der Waals surface area contributed by atoms with E-state index in [-0.39, 0.29) is 11.8 Å². The van der Waals surface area contributed by atoms with Gasteiger partial charge in [-0.05, 0) is 31.7 Å². The summed E-state index contributed by atoms with van der Waals surface area (Å²) in [6.45, 7) is 2.28. The Labute approximate surface area is 127 Å². The molecule has 1 atom stereocenters. The average molecular weight is 295 g/mol. The van der Waals surface area contributed by atoms with Crippen molar-refractivity contribution < 1.29 is 9.59 Å². The number of rotatable bonds is 5. The number of nitrogens with one attached hydrogen (secondary N) is 2. The normalized spacial score (nSPS) is 24.5. The van der Waals surface area contributed by atoms with Crippen LogP contribution in [0.1, 0.15) is 51.4 Å². The maximum atomic E-state index is 12.1. The van der Waals surface area contributed by atoms with Crippen LogP contribution in [0.15, 0.2) is 0 Å². The molecule has 1 aliphatic carbocycles. The summed E-state index contributed by atoms with van der Waals surface area (Å²) in [5.74, 6) is 0.655. The van der Waals surface area contributed by atoms with Crippen molar-refractivity contribution in [1.82, 2.24) is 15.5 Å². The number of hydrogen-bond acceptors (Lipinski definition) is 3. The van der Waals surface area contributed by atoms with Gasteiger partial charge in [0.2, 0.25) is 11.8 Å². The molecule has 2 fully saturated rings. The Morgan fingerprint density at radius 3 is 2.43 bits per heavy atom. The Morgan fingerprint density at radius 1 is 1.05 bits per heavy atom. The zero-order valence-electron chi connectivity index (χ0n) is 13.2. The molecule has 0 aromatic heterocycles. The van der Waals surface area contributed by atoms with Gasteiger partial charge in [0, 0.05) is 26.1 Å². The van der Waals surface area contributed by atoms with Gasteiger partial charge in [-0.2, -0.15) is 0 Å². The first-order valence-corrected chi connectivity index (χ1v) is 8.39. The first kappa shape index (κ1) is 16.3. The van der Waals surface area contributed by atoms with Crippen LogP contribution in [0.2, 0.25) is 0 Å². The third-order valence-corrected chi connectivity index (χ3v) is 4.71. The van der Waals surface area contributed by atoms with Gasteiger partial charge in [-0.1, -0.05) is 25.7 Å². The van der Waals surface area contributed by atoms with Crippen molar-refractivity contribution in [1.29, 1.82) is 0 Å². The number of hydrogen-bond donors (Lipinski definition) is 2. The van der Waals surface area contributed by atoms with E-state index < -0.39 is 0 Å². The molecule has 1 unspecified atom stereocenters. The van der Waals surface area contributed by atoms with E-state index in [2.05, 4.69) is 15.5 Å². The first-order valence-electron chi connectivity index (χ1n) is 8.39. The Morgan fingerprint density at radius 2 is 1.76 bits per heavy atom. The van der Waals surface area contributed by atoms with E-state index in [9.17, 15) is 9.59 Å². The molecule has 2 N–H and O–H groups in total. The van der Waals surface area contributed by atoms with Crippen LogP contribution in [0, 0.1) is 5.92 Å². The second-order valence-electron chi connectivity index (χ2n) is 6.52. The van der Waals surface area contributed by atoms with Crippen LogP contribution in [0.3, 0.4) is 0 Å². The lowest BCUT2D eigenvalue weighted by atomic mass is 10.1. The molecule has 0 aromatic rings. The van der Waals surface area contributed by atoms with Crippen LogP contribution in [0.4, 0.5) is 0 Å². The molecule has 21 heavy (non-hydrogen) atoms. The minimum absolute atomic E-state index is 0.102. The molecule has 120 valence electrons. The van der Waals surface area contributed by atoms with Gasteiger partial charge in [-0.3, -0.25) is 14.5 Å². The molecule has 5 heteroatoms. The third kappa shape index (κ3) is 5.65. The van der Waals surface area contributed by atoms with Gasteiger partial charge in [-0.15, -0.1) is 0 Å². The zero-order valence-corrected chi connectivity index (χ0v) is 13.2. The van der Waals surface area contributed by atoms with E-state index in [1.807, 2.05) is 0 Å². The number of carbonyl (C=O) groups is 2. The topological polar surface area (TPSA) is 61.4 Å². The van der Waals surface area contributed by atoms with Crippen molar-refractivity contribution in [3.8, 4) is 0 Å². The van der Waals surface area contributed by atoms with Crippen LogP contribution in [-0.4, -0.2) is 49.4 Å². The summed E-state index contributed by atoms with van der Waals surface area (Å²) in [7, 11) is 1.68. The molecule has 1 saturated heterocycles. The summed E-state index contributed by atoms with van der Waals surface area (Å²) in [5, 5.41) is 5.86. The maximum absolute atomic E-state index is 12.1. The molecule has 0 radical (unpaired) electrons. The second-order valence-corrected chi connectivity index (χ2v) is 6.52. The quantitative estimate of drug-likeness (QED) is 0.751. The van der Waals surface area contributed by atoms with E-state index in [0.29, 0.717) is 24.9 Å². The molecule has 2 aliphatic rings. The van der Waals surface area contributed by atoms with E-state index in [1.165, 1.54) is 25.7 Å². The fraction of sp³-hybridized carbons (Fsp3) is 0.875. The molecule has 5 nitrogen and oxygen atoms in total. The molecule has 0 spiro atoms. The van der Waals surface area contributed by atoms with Gasteiger partial charge < -0.3 is 10.6 Å². The Hall–Kier alpha value is -1.10. The maximum Gasteiger partial charge on any atom is 0.234 e. The Bertz CT molecular complexity index is 351. The largest absolute Gasteiger partial charge is 0.359 e. The molecule has 2 rings (SSSR count). The van der Waals surface area contributed by atoms with E-state index in [0.717, 1.165) is 32.4 Å². The lowest BCUT2D eigenvalue weighted by Gasteiger charge is -2.20. The molecule has 1 saturated carbocycles. The molecule has 1 heterocycles. The lowest BCUT2D eigenvalue weighted by molar-refractivity contribution is -0.122. The Balaban J connectivity index is 1.67. The van der Waals surface area contributed by atoms with Crippen molar-refractivity contribution in [3.05, 3.63) is 0 Å². The monoisotopic (exact) mass is 295 g/mol. The van der Waals surface area contributed by atoms with E-state index in [1.54, 1.807) is 7.05 Å². The summed E-state index contributed by atoms with van der Waals surface area (Å²) in [4.78, 5) is 25.7. The van der Waals surface area contributed by atoms with Crippen molar-refractivity contribution in [2.45, 2.75) is 57.4 Å². The van der Waals surface area contributed by atoms with Gasteiger partial charge in [0.1, 0.15) is 0 Å². The summed E-state index contributed by atoms with van der Waals surface area (Å²) < 4.78 is 0. The highest BCUT2D eigenvalue weighted by molar-refractivity contribution is 5.78. The van der Waals surface area contributed by atoms with Crippen molar-refractivity contribution in [2.24, 2.45) is 5.92 Å². The average Bonchev–Trinajstić information content (AvgIpc) is 2.72. The predicted octanol–water partition coefficient (Wildman–Crippen LogP) is 1.28. The van der Waals surface area contributed by atoms with Gasteiger partial charge >= 0.3 is 0 Å². The molecule has 1 aliphatic heterocycles. The highest BCUT2D eigenvalue weighted by Crippen LogP contribution is 2.20. The number of amides is 2. The summed E-state index contributed by atoms with van der Waals surface area (Å²) in [6.07, 6.45) is 8.95. The fourth-order valence-corrected chi connectivity index (χ4v) is 3.49. The molecular formula is C16H29N3O2. The van der Waals surface area contributed by atoms with Crippen molar-refractivity contribution in [2.75, 3.05) is 26.7 Å². The predicted molar refractivity (Wildman–Crippen MR) is 82.9 cm³/mol. The first-order chi connectivity index (χ1) is 10.2. The van der Waals surface area contributed by atoms with Gasteiger partial charge in [0.05, 0.1) is 6.54 Å². The van der Waals surface area contributed by atoms with Crippen LogP contribution in [0.25, 0.3) is 0 Å². The number of nitrogens with zero attached hydrogens (tertiary/aromatic N) is 1. The molecule has 2 amide bonds. The standard InChI is InChI=1S/C16H29N3O2/c1-17-15(20)10-13-8-9-19(11-13)12-16(21)18-14-6-4-2-3-5-7-14/h13-14H,2-12H2,1H3,(H,17,20)(H,18,21). The Kier molecular flexibility index (Phi) is 6.49.